The highest BCUT2D eigenvalue weighted by molar-refractivity contribution is 6.01. The zero-order valence-corrected chi connectivity index (χ0v) is 17.2. The van der Waals surface area contributed by atoms with Crippen molar-refractivity contribution in [3.8, 4) is 5.75 Å². The van der Waals surface area contributed by atoms with E-state index in [4.69, 9.17) is 4.74 Å². The molecule has 2 aliphatic heterocycles. The number of carbonyl (C=O) groups is 3. The first-order valence-electron chi connectivity index (χ1n) is 10.1. The Morgan fingerprint density at radius 1 is 1.20 bits per heavy atom. The lowest BCUT2D eigenvalue weighted by atomic mass is 10.1. The molecule has 1 N–H and O–H groups in total. The first kappa shape index (κ1) is 19.9. The summed E-state index contributed by atoms with van der Waals surface area (Å²) in [6.07, 6.45) is 0.968. The molecular weight excluding hydrogens is 382 g/mol. The molecule has 2 aromatic carbocycles. The normalized spacial score (nSPS) is 17.8. The van der Waals surface area contributed by atoms with Gasteiger partial charge in [0.1, 0.15) is 5.75 Å². The third kappa shape index (κ3) is 3.87. The van der Waals surface area contributed by atoms with Gasteiger partial charge in [0.25, 0.3) is 0 Å². The topological polar surface area (TPSA) is 79.0 Å². The molecule has 3 amide bonds. The summed E-state index contributed by atoms with van der Waals surface area (Å²) in [5, 5.41) is 2.93. The van der Waals surface area contributed by atoms with E-state index < -0.39 is 0 Å². The molecule has 156 valence electrons. The van der Waals surface area contributed by atoms with Gasteiger partial charge in [-0.05, 0) is 47.9 Å². The molecule has 1 saturated heterocycles. The number of hydrogen-bond acceptors (Lipinski definition) is 4. The average molecular weight is 407 g/mol. The van der Waals surface area contributed by atoms with Crippen molar-refractivity contribution in [3.05, 3.63) is 53.6 Å². The van der Waals surface area contributed by atoms with E-state index in [0.717, 1.165) is 34.7 Å². The Balaban J connectivity index is 1.40. The monoisotopic (exact) mass is 407 g/mol. The average Bonchev–Trinajstić information content (AvgIpc) is 3.35. The van der Waals surface area contributed by atoms with Crippen LogP contribution in [0, 0.1) is 5.92 Å². The van der Waals surface area contributed by atoms with Crippen molar-refractivity contribution in [2.45, 2.75) is 26.3 Å². The van der Waals surface area contributed by atoms with Gasteiger partial charge in [-0.15, -0.1) is 0 Å². The molecule has 2 aromatic rings. The second-order valence-electron chi connectivity index (χ2n) is 7.71. The summed E-state index contributed by atoms with van der Waals surface area (Å²) in [7, 11) is 1.60. The zero-order valence-electron chi connectivity index (χ0n) is 17.2. The Bertz CT molecular complexity index is 1000. The van der Waals surface area contributed by atoms with Crippen molar-refractivity contribution in [2.75, 3.05) is 30.0 Å². The Morgan fingerprint density at radius 3 is 2.80 bits per heavy atom. The van der Waals surface area contributed by atoms with E-state index in [-0.39, 0.29) is 30.1 Å². The van der Waals surface area contributed by atoms with Crippen molar-refractivity contribution >= 4 is 29.1 Å². The summed E-state index contributed by atoms with van der Waals surface area (Å²) >= 11 is 0. The second kappa shape index (κ2) is 8.18. The Morgan fingerprint density at radius 2 is 2.03 bits per heavy atom. The Hall–Kier alpha value is -3.35. The van der Waals surface area contributed by atoms with Gasteiger partial charge in [0, 0.05) is 44.4 Å². The van der Waals surface area contributed by atoms with Gasteiger partial charge in [-0.25, -0.2) is 0 Å². The lowest BCUT2D eigenvalue weighted by molar-refractivity contribution is -0.126. The van der Waals surface area contributed by atoms with Crippen LogP contribution in [-0.4, -0.2) is 37.9 Å². The van der Waals surface area contributed by atoms with E-state index in [1.807, 2.05) is 42.5 Å². The number of rotatable bonds is 5. The van der Waals surface area contributed by atoms with Crippen LogP contribution in [0.25, 0.3) is 0 Å². The van der Waals surface area contributed by atoms with Gasteiger partial charge in [0.15, 0.2) is 0 Å². The summed E-state index contributed by atoms with van der Waals surface area (Å²) < 4.78 is 5.20. The van der Waals surface area contributed by atoms with Crippen LogP contribution < -0.4 is 19.9 Å². The van der Waals surface area contributed by atoms with E-state index in [2.05, 4.69) is 5.32 Å². The maximum atomic E-state index is 12.6. The number of fused-ring (bicyclic) bond motifs is 1. The fourth-order valence-corrected chi connectivity index (χ4v) is 4.13. The standard InChI is InChI=1S/C23H25N3O4/c1-15(27)25-9-8-17-11-19(6-7-21(17)25)26-14-18(12-22(26)28)23(29)24-13-16-4-3-5-20(10-16)30-2/h3-7,10-11,18H,8-9,12-14H2,1-2H3,(H,24,29)/t18-/m0/s1. The summed E-state index contributed by atoms with van der Waals surface area (Å²) in [5.41, 5.74) is 3.69. The predicted octanol–water partition coefficient (Wildman–Crippen LogP) is 2.27. The van der Waals surface area contributed by atoms with Crippen LogP contribution in [0.3, 0.4) is 0 Å². The minimum absolute atomic E-state index is 0.0199. The molecule has 1 fully saturated rings. The summed E-state index contributed by atoms with van der Waals surface area (Å²) in [6, 6.07) is 13.2. The van der Waals surface area contributed by atoms with Crippen LogP contribution in [0.5, 0.6) is 5.75 Å². The van der Waals surface area contributed by atoms with Crippen LogP contribution in [0.15, 0.2) is 42.5 Å². The fourth-order valence-electron chi connectivity index (χ4n) is 4.13. The van der Waals surface area contributed by atoms with Crippen molar-refractivity contribution in [2.24, 2.45) is 5.92 Å². The molecule has 7 heteroatoms. The number of nitrogens with zero attached hydrogens (tertiary/aromatic N) is 2. The maximum absolute atomic E-state index is 12.6. The second-order valence-corrected chi connectivity index (χ2v) is 7.71. The fraction of sp³-hybridized carbons (Fsp3) is 0.348. The number of hydrogen-bond donors (Lipinski definition) is 1. The molecular formula is C23H25N3O4. The number of carbonyl (C=O) groups excluding carboxylic acids is 3. The number of ether oxygens (including phenoxy) is 1. The lowest BCUT2D eigenvalue weighted by Gasteiger charge is -2.19. The van der Waals surface area contributed by atoms with Crippen molar-refractivity contribution in [3.63, 3.8) is 0 Å². The molecule has 0 unspecified atom stereocenters. The van der Waals surface area contributed by atoms with Crippen LogP contribution in [-0.2, 0) is 27.3 Å². The largest absolute Gasteiger partial charge is 0.497 e. The first-order chi connectivity index (χ1) is 14.5. The van der Waals surface area contributed by atoms with Crippen LogP contribution in [0.4, 0.5) is 11.4 Å². The van der Waals surface area contributed by atoms with Crippen molar-refractivity contribution in [1.29, 1.82) is 0 Å². The number of benzene rings is 2. The predicted molar refractivity (Wildman–Crippen MR) is 113 cm³/mol. The number of methoxy groups -OCH3 is 1. The third-order valence-electron chi connectivity index (χ3n) is 5.75. The van der Waals surface area contributed by atoms with Gasteiger partial charge in [-0.1, -0.05) is 12.1 Å². The van der Waals surface area contributed by atoms with E-state index in [0.29, 0.717) is 19.6 Å². The number of amides is 3. The molecule has 2 heterocycles. The molecule has 30 heavy (non-hydrogen) atoms. The Labute approximate surface area is 175 Å². The molecule has 0 bridgehead atoms. The van der Waals surface area contributed by atoms with Gasteiger partial charge in [0.2, 0.25) is 17.7 Å². The molecule has 0 aromatic heterocycles. The van der Waals surface area contributed by atoms with Crippen LogP contribution in [0.2, 0.25) is 0 Å². The molecule has 0 radical (unpaired) electrons. The molecule has 0 saturated carbocycles. The van der Waals surface area contributed by atoms with Gasteiger partial charge in [-0.2, -0.15) is 0 Å². The molecule has 0 aliphatic carbocycles. The SMILES string of the molecule is COc1cccc(CNC(=O)[C@H]2CC(=O)N(c3ccc4c(c3)CCN4C(C)=O)C2)c1. The van der Waals surface area contributed by atoms with Gasteiger partial charge in [-0.3, -0.25) is 14.4 Å². The van der Waals surface area contributed by atoms with E-state index in [1.54, 1.807) is 23.8 Å². The van der Waals surface area contributed by atoms with Gasteiger partial charge in [0.05, 0.1) is 13.0 Å². The first-order valence-corrected chi connectivity index (χ1v) is 10.1. The maximum Gasteiger partial charge on any atom is 0.227 e. The minimum atomic E-state index is -0.384. The van der Waals surface area contributed by atoms with E-state index in [9.17, 15) is 14.4 Å². The van der Waals surface area contributed by atoms with Gasteiger partial charge >= 0.3 is 0 Å². The lowest BCUT2D eigenvalue weighted by Crippen LogP contribution is -2.32. The van der Waals surface area contributed by atoms with E-state index in [1.165, 1.54) is 0 Å². The molecule has 7 nitrogen and oxygen atoms in total. The third-order valence-corrected chi connectivity index (χ3v) is 5.75. The molecule has 1 atom stereocenters. The van der Waals surface area contributed by atoms with Gasteiger partial charge < -0.3 is 19.9 Å². The molecule has 0 spiro atoms. The highest BCUT2D eigenvalue weighted by atomic mass is 16.5. The highest BCUT2D eigenvalue weighted by Crippen LogP contribution is 2.34. The summed E-state index contributed by atoms with van der Waals surface area (Å²) in [5.74, 6) is 0.191. The smallest absolute Gasteiger partial charge is 0.227 e. The van der Waals surface area contributed by atoms with Crippen molar-refractivity contribution in [1.82, 2.24) is 5.32 Å². The molecule has 2 aliphatic rings. The van der Waals surface area contributed by atoms with Crippen LogP contribution >= 0.6 is 0 Å². The Kier molecular flexibility index (Phi) is 5.44. The summed E-state index contributed by atoms with van der Waals surface area (Å²) in [4.78, 5) is 40.4. The van der Waals surface area contributed by atoms with Crippen molar-refractivity contribution < 1.29 is 19.1 Å². The quantitative estimate of drug-likeness (QED) is 0.825. The number of anilines is 2. The minimum Gasteiger partial charge on any atom is -0.497 e. The van der Waals surface area contributed by atoms with Crippen LogP contribution in [0.1, 0.15) is 24.5 Å². The summed E-state index contributed by atoms with van der Waals surface area (Å²) in [6.45, 7) is 2.97. The number of nitrogens with one attached hydrogen (secondary N) is 1. The van der Waals surface area contributed by atoms with E-state index >= 15 is 0 Å². The molecule has 4 rings (SSSR count). The highest BCUT2D eigenvalue weighted by Gasteiger charge is 2.35. The zero-order chi connectivity index (χ0) is 21.3.